The van der Waals surface area contributed by atoms with Gasteiger partial charge in [0.05, 0.1) is 23.8 Å². The fourth-order valence-corrected chi connectivity index (χ4v) is 3.79. The summed E-state index contributed by atoms with van der Waals surface area (Å²) in [5.41, 5.74) is -0.0572. The molecular weight excluding hydrogens is 286 g/mol. The van der Waals surface area contributed by atoms with Gasteiger partial charge in [-0.05, 0) is 6.42 Å². The Labute approximate surface area is 115 Å². The van der Waals surface area contributed by atoms with Crippen molar-refractivity contribution in [2.24, 2.45) is 5.92 Å². The van der Waals surface area contributed by atoms with E-state index in [-0.39, 0.29) is 23.1 Å². The number of carboxylic acids is 1. The Hall–Kier alpha value is -1.90. The highest BCUT2D eigenvalue weighted by Crippen LogP contribution is 2.18. The van der Waals surface area contributed by atoms with Crippen LogP contribution in [0.2, 0.25) is 0 Å². The van der Waals surface area contributed by atoms with E-state index in [4.69, 9.17) is 5.11 Å². The first kappa shape index (κ1) is 14.5. The van der Waals surface area contributed by atoms with Crippen molar-refractivity contribution in [3.05, 3.63) is 18.2 Å². The summed E-state index contributed by atoms with van der Waals surface area (Å²) in [7, 11) is -3.07. The predicted octanol–water partition coefficient (Wildman–Crippen LogP) is -0.868. The van der Waals surface area contributed by atoms with Crippen LogP contribution in [0.1, 0.15) is 16.9 Å². The zero-order valence-corrected chi connectivity index (χ0v) is 11.5. The lowest BCUT2D eigenvalue weighted by atomic mass is 10.1. The number of nitrogens with one attached hydrogen (secondary N) is 1. The summed E-state index contributed by atoms with van der Waals surface area (Å²) >= 11 is 0. The van der Waals surface area contributed by atoms with Gasteiger partial charge >= 0.3 is 5.97 Å². The molecule has 1 atom stereocenters. The lowest BCUT2D eigenvalue weighted by Gasteiger charge is -2.09. The van der Waals surface area contributed by atoms with Gasteiger partial charge in [-0.3, -0.25) is 4.79 Å². The summed E-state index contributed by atoms with van der Waals surface area (Å²) in [6.45, 7) is 0.677. The predicted molar refractivity (Wildman–Crippen MR) is 69.0 cm³/mol. The van der Waals surface area contributed by atoms with Gasteiger partial charge in [0.2, 0.25) is 5.91 Å². The van der Waals surface area contributed by atoms with E-state index in [0.29, 0.717) is 19.5 Å². The normalized spacial score (nSPS) is 20.7. The molecule has 0 aromatic carbocycles. The molecule has 1 saturated heterocycles. The van der Waals surface area contributed by atoms with Crippen molar-refractivity contribution in [1.82, 2.24) is 14.9 Å². The molecule has 1 unspecified atom stereocenters. The zero-order chi connectivity index (χ0) is 14.8. The molecule has 1 aromatic rings. The lowest BCUT2D eigenvalue weighted by molar-refractivity contribution is -0.124. The van der Waals surface area contributed by atoms with Gasteiger partial charge in [0.15, 0.2) is 15.5 Å². The number of rotatable bonds is 5. The van der Waals surface area contributed by atoms with Crippen LogP contribution in [0.3, 0.4) is 0 Å². The topological polar surface area (TPSA) is 118 Å². The molecule has 1 amide bonds. The fraction of sp³-hybridized carbons (Fsp3) is 0.545. The van der Waals surface area contributed by atoms with Gasteiger partial charge in [0.1, 0.15) is 0 Å². The van der Waals surface area contributed by atoms with Gasteiger partial charge in [-0.1, -0.05) is 0 Å². The number of hydrogen-bond acceptors (Lipinski definition) is 5. The molecule has 0 bridgehead atoms. The first-order valence-electron chi connectivity index (χ1n) is 6.10. The minimum Gasteiger partial charge on any atom is -0.476 e. The highest BCUT2D eigenvalue weighted by Gasteiger charge is 2.32. The number of amides is 1. The molecule has 1 fully saturated rings. The van der Waals surface area contributed by atoms with Gasteiger partial charge < -0.3 is 15.0 Å². The Morgan fingerprint density at radius 2 is 2.25 bits per heavy atom. The van der Waals surface area contributed by atoms with Crippen LogP contribution < -0.4 is 5.32 Å². The second-order valence-electron chi connectivity index (χ2n) is 4.69. The number of carboxylic acid groups (broad SMARTS) is 1. The number of imidazole rings is 1. The van der Waals surface area contributed by atoms with E-state index in [2.05, 4.69) is 10.3 Å². The summed E-state index contributed by atoms with van der Waals surface area (Å²) in [6, 6.07) is 0. The fourth-order valence-electron chi connectivity index (χ4n) is 2.05. The quantitative estimate of drug-likeness (QED) is 0.730. The number of carbonyl (C=O) groups excluding carboxylic acids is 1. The Balaban J connectivity index is 1.78. The summed E-state index contributed by atoms with van der Waals surface area (Å²) in [5, 5.41) is 11.4. The minimum atomic E-state index is -3.07. The Bertz CT molecular complexity index is 622. The maximum Gasteiger partial charge on any atom is 0.356 e. The van der Waals surface area contributed by atoms with Crippen molar-refractivity contribution >= 4 is 21.7 Å². The monoisotopic (exact) mass is 301 g/mol. The zero-order valence-electron chi connectivity index (χ0n) is 10.7. The first-order chi connectivity index (χ1) is 9.37. The van der Waals surface area contributed by atoms with Crippen LogP contribution >= 0.6 is 0 Å². The molecule has 1 aromatic heterocycles. The summed E-state index contributed by atoms with van der Waals surface area (Å²) in [5.74, 6) is -1.88. The largest absolute Gasteiger partial charge is 0.476 e. The second-order valence-corrected chi connectivity index (χ2v) is 6.92. The number of aromatic carboxylic acids is 1. The molecule has 110 valence electrons. The van der Waals surface area contributed by atoms with Gasteiger partial charge in [-0.15, -0.1) is 0 Å². The van der Waals surface area contributed by atoms with E-state index in [0.717, 1.165) is 0 Å². The number of hydrogen-bond donors (Lipinski definition) is 2. The average molecular weight is 301 g/mol. The van der Waals surface area contributed by atoms with E-state index in [1.54, 1.807) is 4.57 Å². The first-order valence-corrected chi connectivity index (χ1v) is 7.93. The molecule has 0 spiro atoms. The van der Waals surface area contributed by atoms with Gasteiger partial charge in [0.25, 0.3) is 0 Å². The van der Waals surface area contributed by atoms with Gasteiger partial charge in [-0.25, -0.2) is 18.2 Å². The Kier molecular flexibility index (Phi) is 4.07. The van der Waals surface area contributed by atoms with Crippen LogP contribution in [0.15, 0.2) is 12.5 Å². The number of aromatic nitrogens is 2. The SMILES string of the molecule is O=C(O)c1cn(CCNC(=O)C2CCS(=O)(=O)C2)cn1. The van der Waals surface area contributed by atoms with Crippen LogP contribution in [-0.2, 0) is 21.2 Å². The molecule has 2 rings (SSSR count). The Morgan fingerprint density at radius 3 is 2.80 bits per heavy atom. The van der Waals surface area contributed by atoms with E-state index in [9.17, 15) is 18.0 Å². The van der Waals surface area contributed by atoms with E-state index in [1.165, 1.54) is 12.5 Å². The third kappa shape index (κ3) is 3.56. The molecule has 9 heteroatoms. The summed E-state index contributed by atoms with van der Waals surface area (Å²) < 4.78 is 24.1. The van der Waals surface area contributed by atoms with Crippen LogP contribution in [0.4, 0.5) is 0 Å². The van der Waals surface area contributed by atoms with Crippen LogP contribution in [-0.4, -0.2) is 53.0 Å². The van der Waals surface area contributed by atoms with Crippen molar-refractivity contribution in [2.45, 2.75) is 13.0 Å². The van der Waals surface area contributed by atoms with Crippen LogP contribution in [0.5, 0.6) is 0 Å². The van der Waals surface area contributed by atoms with Gasteiger partial charge in [-0.2, -0.15) is 0 Å². The average Bonchev–Trinajstić information content (AvgIpc) is 2.95. The van der Waals surface area contributed by atoms with Crippen molar-refractivity contribution in [1.29, 1.82) is 0 Å². The Morgan fingerprint density at radius 1 is 1.50 bits per heavy atom. The van der Waals surface area contributed by atoms with Crippen molar-refractivity contribution in [3.63, 3.8) is 0 Å². The number of sulfone groups is 1. The van der Waals surface area contributed by atoms with Crippen LogP contribution in [0.25, 0.3) is 0 Å². The highest BCUT2D eigenvalue weighted by atomic mass is 32.2. The molecule has 0 aliphatic carbocycles. The summed E-state index contributed by atoms with van der Waals surface area (Å²) in [6.07, 6.45) is 3.10. The number of carbonyl (C=O) groups is 2. The van der Waals surface area contributed by atoms with Crippen molar-refractivity contribution in [2.75, 3.05) is 18.1 Å². The van der Waals surface area contributed by atoms with E-state index in [1.807, 2.05) is 0 Å². The molecule has 0 radical (unpaired) electrons. The molecule has 1 aliphatic heterocycles. The molecule has 2 heterocycles. The van der Waals surface area contributed by atoms with Crippen molar-refractivity contribution < 1.29 is 23.1 Å². The molecule has 20 heavy (non-hydrogen) atoms. The maximum atomic E-state index is 11.7. The smallest absolute Gasteiger partial charge is 0.356 e. The third-order valence-electron chi connectivity index (χ3n) is 3.12. The molecule has 0 saturated carbocycles. The van der Waals surface area contributed by atoms with Crippen LogP contribution in [0, 0.1) is 5.92 Å². The third-order valence-corrected chi connectivity index (χ3v) is 4.89. The lowest BCUT2D eigenvalue weighted by Crippen LogP contribution is -2.33. The van der Waals surface area contributed by atoms with E-state index < -0.39 is 21.7 Å². The molecule has 1 aliphatic rings. The van der Waals surface area contributed by atoms with Crippen molar-refractivity contribution in [3.8, 4) is 0 Å². The van der Waals surface area contributed by atoms with Gasteiger partial charge in [0, 0.05) is 19.3 Å². The highest BCUT2D eigenvalue weighted by molar-refractivity contribution is 7.91. The maximum absolute atomic E-state index is 11.7. The molecule has 8 nitrogen and oxygen atoms in total. The molecular formula is C11H15N3O5S. The second kappa shape index (κ2) is 5.61. The minimum absolute atomic E-state index is 0.0572. The van der Waals surface area contributed by atoms with E-state index >= 15 is 0 Å². The summed E-state index contributed by atoms with van der Waals surface area (Å²) in [4.78, 5) is 26.1. The standard InChI is InChI=1S/C11H15N3O5S/c15-10(8-1-4-20(18,19)6-8)12-2-3-14-5-9(11(16)17)13-7-14/h5,7-8H,1-4,6H2,(H,12,15)(H,16,17). The number of nitrogens with zero attached hydrogens (tertiary/aromatic N) is 2. The molecule has 2 N–H and O–H groups in total.